The Morgan fingerprint density at radius 1 is 1.14 bits per heavy atom. The molecule has 0 saturated heterocycles. The second kappa shape index (κ2) is 5.22. The average molecular weight is 376 g/mol. The largest absolute Gasteiger partial charge is 0.417 e. The van der Waals surface area contributed by atoms with E-state index < -0.39 is 28.7 Å². The molecule has 7 heteroatoms. The third kappa shape index (κ3) is 2.47. The fraction of sp³-hybridized carbons (Fsp3) is 0.267. The molecule has 0 amide bonds. The molecule has 1 aromatic carbocycles. The Morgan fingerprint density at radius 2 is 1.86 bits per heavy atom. The second-order valence-corrected chi connectivity index (χ2v) is 5.95. The number of hydrogen-bond acceptors (Lipinski definition) is 1. The molecular formula is C15H10BrF4NO. The first kappa shape index (κ1) is 15.3. The lowest BCUT2D eigenvalue weighted by Gasteiger charge is -2.15. The molecule has 0 N–H and O–H groups in total. The van der Waals surface area contributed by atoms with Crippen LogP contribution in [0.4, 0.5) is 17.6 Å². The van der Waals surface area contributed by atoms with Crippen LogP contribution < -0.4 is 5.56 Å². The monoisotopic (exact) mass is 375 g/mol. The maximum absolute atomic E-state index is 13.4. The van der Waals surface area contributed by atoms with E-state index in [1.54, 1.807) is 0 Å². The number of hydrogen-bond donors (Lipinski definition) is 0. The van der Waals surface area contributed by atoms with E-state index in [2.05, 4.69) is 15.9 Å². The number of rotatable bonds is 1. The maximum Gasteiger partial charge on any atom is 0.417 e. The van der Waals surface area contributed by atoms with Gasteiger partial charge in [0.1, 0.15) is 5.82 Å². The van der Waals surface area contributed by atoms with Crippen molar-refractivity contribution in [1.82, 2.24) is 4.57 Å². The van der Waals surface area contributed by atoms with Gasteiger partial charge in [-0.2, -0.15) is 13.2 Å². The number of nitrogens with zero attached hydrogens (tertiary/aromatic N) is 1. The molecule has 0 saturated carbocycles. The van der Waals surface area contributed by atoms with Gasteiger partial charge in [0.05, 0.1) is 5.56 Å². The normalized spacial score (nSPS) is 14.2. The Bertz CT molecular complexity index is 810. The highest BCUT2D eigenvalue weighted by molar-refractivity contribution is 9.10. The van der Waals surface area contributed by atoms with E-state index in [0.29, 0.717) is 23.5 Å². The number of alkyl halides is 3. The minimum atomic E-state index is -4.66. The van der Waals surface area contributed by atoms with Gasteiger partial charge in [0, 0.05) is 27.8 Å². The lowest BCUT2D eigenvalue weighted by atomic mass is 10.00. The van der Waals surface area contributed by atoms with Crippen LogP contribution in [0.15, 0.2) is 33.5 Å². The standard InChI is InChI=1S/C15H10BrF4NO/c16-12-7-10(14(22)21-5-1-2-13(12)21)9-6-8(17)3-4-11(9)15(18,19)20/h3-4,6-7H,1-2,5H2. The molecule has 0 fully saturated rings. The molecule has 3 rings (SSSR count). The lowest BCUT2D eigenvalue weighted by molar-refractivity contribution is -0.137. The number of aromatic nitrogens is 1. The Morgan fingerprint density at radius 3 is 2.55 bits per heavy atom. The van der Waals surface area contributed by atoms with Crippen molar-refractivity contribution in [2.75, 3.05) is 0 Å². The predicted molar refractivity (Wildman–Crippen MR) is 77.1 cm³/mol. The summed E-state index contributed by atoms with van der Waals surface area (Å²) in [5.74, 6) is -0.816. The summed E-state index contributed by atoms with van der Waals surface area (Å²) in [7, 11) is 0. The SMILES string of the molecule is O=c1c(-c2cc(F)ccc2C(F)(F)F)cc(Br)c2n1CCC2. The number of fused-ring (bicyclic) bond motifs is 1. The van der Waals surface area contributed by atoms with Crippen molar-refractivity contribution in [2.45, 2.75) is 25.6 Å². The topological polar surface area (TPSA) is 22.0 Å². The van der Waals surface area contributed by atoms with Crippen molar-refractivity contribution in [3.05, 3.63) is 56.2 Å². The van der Waals surface area contributed by atoms with E-state index in [1.165, 1.54) is 10.6 Å². The Balaban J connectivity index is 2.32. The molecule has 1 aliphatic heterocycles. The number of pyridine rings is 1. The summed E-state index contributed by atoms with van der Waals surface area (Å²) in [4.78, 5) is 12.5. The third-order valence-corrected chi connectivity index (χ3v) is 4.41. The molecule has 0 spiro atoms. The summed E-state index contributed by atoms with van der Waals surface area (Å²) in [6.45, 7) is 0.456. The Labute approximate surface area is 131 Å². The first-order chi connectivity index (χ1) is 10.3. The van der Waals surface area contributed by atoms with Crippen LogP contribution in [0.3, 0.4) is 0 Å². The summed E-state index contributed by atoms with van der Waals surface area (Å²) in [5.41, 5.74) is -1.35. The highest BCUT2D eigenvalue weighted by Gasteiger charge is 2.35. The third-order valence-electron chi connectivity index (χ3n) is 3.72. The van der Waals surface area contributed by atoms with Crippen molar-refractivity contribution in [3.63, 3.8) is 0 Å². The fourth-order valence-electron chi connectivity index (χ4n) is 2.74. The highest BCUT2D eigenvalue weighted by Crippen LogP contribution is 2.37. The summed E-state index contributed by atoms with van der Waals surface area (Å²) in [6, 6.07) is 3.51. The maximum atomic E-state index is 13.4. The molecule has 0 aliphatic carbocycles. The summed E-state index contributed by atoms with van der Waals surface area (Å²) < 4.78 is 54.8. The van der Waals surface area contributed by atoms with Crippen LogP contribution in [0.1, 0.15) is 17.7 Å². The molecule has 2 heterocycles. The van der Waals surface area contributed by atoms with Gasteiger partial charge in [-0.05, 0) is 53.0 Å². The van der Waals surface area contributed by atoms with Gasteiger partial charge in [-0.25, -0.2) is 4.39 Å². The summed E-state index contributed by atoms with van der Waals surface area (Å²) >= 11 is 3.29. The quantitative estimate of drug-likeness (QED) is 0.677. The van der Waals surface area contributed by atoms with E-state index in [9.17, 15) is 22.4 Å². The van der Waals surface area contributed by atoms with Gasteiger partial charge >= 0.3 is 6.18 Å². The van der Waals surface area contributed by atoms with Crippen LogP contribution in [-0.4, -0.2) is 4.57 Å². The van der Waals surface area contributed by atoms with Gasteiger partial charge in [-0.3, -0.25) is 4.79 Å². The van der Waals surface area contributed by atoms with Crippen molar-refractivity contribution >= 4 is 15.9 Å². The van der Waals surface area contributed by atoms with Gasteiger partial charge in [-0.15, -0.1) is 0 Å². The van der Waals surface area contributed by atoms with Crippen LogP contribution in [0.5, 0.6) is 0 Å². The van der Waals surface area contributed by atoms with E-state index >= 15 is 0 Å². The minimum Gasteiger partial charge on any atom is -0.311 e. The van der Waals surface area contributed by atoms with Gasteiger partial charge in [-0.1, -0.05) is 0 Å². The second-order valence-electron chi connectivity index (χ2n) is 5.10. The van der Waals surface area contributed by atoms with Crippen molar-refractivity contribution < 1.29 is 17.6 Å². The molecule has 1 aromatic heterocycles. The first-order valence-corrected chi connectivity index (χ1v) is 7.37. The van der Waals surface area contributed by atoms with Gasteiger partial charge in [0.25, 0.3) is 5.56 Å². The zero-order valence-electron chi connectivity index (χ0n) is 11.2. The molecule has 2 nitrogen and oxygen atoms in total. The Hall–Kier alpha value is -1.63. The molecule has 22 heavy (non-hydrogen) atoms. The van der Waals surface area contributed by atoms with E-state index in [4.69, 9.17) is 0 Å². The van der Waals surface area contributed by atoms with Crippen LogP contribution >= 0.6 is 15.9 Å². The molecule has 116 valence electrons. The molecule has 0 radical (unpaired) electrons. The Kier molecular flexibility index (Phi) is 3.63. The van der Waals surface area contributed by atoms with E-state index in [0.717, 1.165) is 24.2 Å². The zero-order chi connectivity index (χ0) is 16.1. The molecule has 0 unspecified atom stereocenters. The molecule has 1 aliphatic rings. The average Bonchev–Trinajstić information content (AvgIpc) is 2.91. The highest BCUT2D eigenvalue weighted by atomic mass is 79.9. The lowest BCUT2D eigenvalue weighted by Crippen LogP contribution is -2.22. The van der Waals surface area contributed by atoms with E-state index in [1.807, 2.05) is 0 Å². The van der Waals surface area contributed by atoms with Gasteiger partial charge < -0.3 is 4.57 Å². The number of benzene rings is 1. The predicted octanol–water partition coefficient (Wildman–Crippen LogP) is 4.38. The van der Waals surface area contributed by atoms with Crippen LogP contribution in [0, 0.1) is 5.82 Å². The number of halogens is 5. The van der Waals surface area contributed by atoms with Gasteiger partial charge in [0.2, 0.25) is 0 Å². The summed E-state index contributed by atoms with van der Waals surface area (Å²) in [5, 5.41) is 0. The summed E-state index contributed by atoms with van der Waals surface area (Å²) in [6.07, 6.45) is -3.22. The minimum absolute atomic E-state index is 0.149. The molecule has 2 aromatic rings. The van der Waals surface area contributed by atoms with Crippen molar-refractivity contribution in [2.24, 2.45) is 0 Å². The van der Waals surface area contributed by atoms with E-state index in [-0.39, 0.29) is 5.56 Å². The smallest absolute Gasteiger partial charge is 0.311 e. The zero-order valence-corrected chi connectivity index (χ0v) is 12.8. The van der Waals surface area contributed by atoms with Crippen LogP contribution in [0.25, 0.3) is 11.1 Å². The van der Waals surface area contributed by atoms with Crippen molar-refractivity contribution in [3.8, 4) is 11.1 Å². The van der Waals surface area contributed by atoms with Crippen molar-refractivity contribution in [1.29, 1.82) is 0 Å². The van der Waals surface area contributed by atoms with Crippen LogP contribution in [-0.2, 0) is 19.1 Å². The molecular weight excluding hydrogens is 366 g/mol. The fourth-order valence-corrected chi connectivity index (χ4v) is 3.38. The van der Waals surface area contributed by atoms with Crippen LogP contribution in [0.2, 0.25) is 0 Å². The first-order valence-electron chi connectivity index (χ1n) is 6.58. The molecule has 0 bridgehead atoms. The molecule has 0 atom stereocenters. The van der Waals surface area contributed by atoms with Gasteiger partial charge in [0.15, 0.2) is 0 Å².